The van der Waals surface area contributed by atoms with Crippen LogP contribution < -0.4 is 5.32 Å². The van der Waals surface area contributed by atoms with Crippen molar-refractivity contribution in [3.8, 4) is 0 Å². The number of carboxylic acids is 1. The molecule has 0 heterocycles. The van der Waals surface area contributed by atoms with Gasteiger partial charge in [-0.2, -0.15) is 0 Å². The Kier molecular flexibility index (Phi) is 4.74. The first kappa shape index (κ1) is 15.7. The lowest BCUT2D eigenvalue weighted by Gasteiger charge is -2.28. The van der Waals surface area contributed by atoms with E-state index in [4.69, 9.17) is 0 Å². The highest BCUT2D eigenvalue weighted by Gasteiger charge is 2.32. The van der Waals surface area contributed by atoms with Gasteiger partial charge in [-0.25, -0.2) is 4.79 Å². The number of benzene rings is 1. The SMILES string of the molecule is Cc1cc(Br)ccc1C(=O)N[C@@H](C(=O)O)C(C)(C)C. The molecule has 4 nitrogen and oxygen atoms in total. The summed E-state index contributed by atoms with van der Waals surface area (Å²) >= 11 is 3.33. The van der Waals surface area contributed by atoms with Gasteiger partial charge in [0.05, 0.1) is 0 Å². The van der Waals surface area contributed by atoms with Gasteiger partial charge in [-0.3, -0.25) is 4.79 Å². The molecule has 1 aromatic carbocycles. The molecule has 0 radical (unpaired) electrons. The fourth-order valence-electron chi connectivity index (χ4n) is 1.74. The highest BCUT2D eigenvalue weighted by atomic mass is 79.9. The Morgan fingerprint density at radius 2 is 1.89 bits per heavy atom. The second-order valence-corrected chi connectivity index (χ2v) is 6.49. The molecule has 0 aliphatic carbocycles. The lowest BCUT2D eigenvalue weighted by molar-refractivity contribution is -0.142. The third-order valence-electron chi connectivity index (χ3n) is 2.82. The van der Waals surface area contributed by atoms with Gasteiger partial charge in [-0.05, 0) is 36.1 Å². The van der Waals surface area contributed by atoms with Crippen molar-refractivity contribution in [1.82, 2.24) is 5.32 Å². The van der Waals surface area contributed by atoms with Gasteiger partial charge in [-0.15, -0.1) is 0 Å². The summed E-state index contributed by atoms with van der Waals surface area (Å²) in [5, 5.41) is 11.8. The molecule has 0 saturated heterocycles. The molecule has 0 unspecified atom stereocenters. The smallest absolute Gasteiger partial charge is 0.326 e. The Morgan fingerprint density at radius 1 is 1.32 bits per heavy atom. The van der Waals surface area contributed by atoms with Crippen molar-refractivity contribution in [2.24, 2.45) is 5.41 Å². The van der Waals surface area contributed by atoms with Crippen molar-refractivity contribution in [3.05, 3.63) is 33.8 Å². The number of hydrogen-bond acceptors (Lipinski definition) is 2. The van der Waals surface area contributed by atoms with Crippen LogP contribution in [0.15, 0.2) is 22.7 Å². The summed E-state index contributed by atoms with van der Waals surface area (Å²) in [4.78, 5) is 23.4. The number of aryl methyl sites for hydroxylation is 1. The van der Waals surface area contributed by atoms with E-state index in [2.05, 4.69) is 21.2 Å². The van der Waals surface area contributed by atoms with E-state index in [1.165, 1.54) is 0 Å². The summed E-state index contributed by atoms with van der Waals surface area (Å²) in [6.45, 7) is 7.15. The van der Waals surface area contributed by atoms with Crippen LogP contribution in [0.25, 0.3) is 0 Å². The van der Waals surface area contributed by atoms with Crippen LogP contribution in [0.5, 0.6) is 0 Å². The molecule has 0 spiro atoms. The minimum Gasteiger partial charge on any atom is -0.480 e. The van der Waals surface area contributed by atoms with E-state index in [0.29, 0.717) is 5.56 Å². The quantitative estimate of drug-likeness (QED) is 0.896. The molecule has 0 bridgehead atoms. The van der Waals surface area contributed by atoms with Crippen LogP contribution in [-0.2, 0) is 4.79 Å². The molecule has 0 aromatic heterocycles. The second kappa shape index (κ2) is 5.74. The highest BCUT2D eigenvalue weighted by molar-refractivity contribution is 9.10. The predicted octanol–water partition coefficient (Wildman–Crippen LogP) is 2.99. The summed E-state index contributed by atoms with van der Waals surface area (Å²) in [5.74, 6) is -1.40. The van der Waals surface area contributed by atoms with Gasteiger partial charge in [0.1, 0.15) is 6.04 Å². The summed E-state index contributed by atoms with van der Waals surface area (Å²) in [5.41, 5.74) is 0.730. The van der Waals surface area contributed by atoms with E-state index < -0.39 is 17.4 Å². The number of nitrogens with one attached hydrogen (secondary N) is 1. The molecular weight excluding hydrogens is 310 g/mol. The van der Waals surface area contributed by atoms with Gasteiger partial charge in [0.25, 0.3) is 5.91 Å². The second-order valence-electron chi connectivity index (χ2n) is 5.57. The monoisotopic (exact) mass is 327 g/mol. The van der Waals surface area contributed by atoms with Gasteiger partial charge >= 0.3 is 5.97 Å². The maximum Gasteiger partial charge on any atom is 0.326 e. The summed E-state index contributed by atoms with van der Waals surface area (Å²) < 4.78 is 0.882. The average molecular weight is 328 g/mol. The van der Waals surface area contributed by atoms with E-state index >= 15 is 0 Å². The average Bonchev–Trinajstić information content (AvgIpc) is 2.23. The maximum atomic E-state index is 12.1. The van der Waals surface area contributed by atoms with Crippen molar-refractivity contribution < 1.29 is 14.7 Å². The Bertz CT molecular complexity index is 506. The largest absolute Gasteiger partial charge is 0.480 e. The third-order valence-corrected chi connectivity index (χ3v) is 3.31. The summed E-state index contributed by atoms with van der Waals surface area (Å²) in [7, 11) is 0. The molecule has 2 N–H and O–H groups in total. The predicted molar refractivity (Wildman–Crippen MR) is 77.2 cm³/mol. The van der Waals surface area contributed by atoms with Gasteiger partial charge in [-0.1, -0.05) is 36.7 Å². The Balaban J connectivity index is 2.98. The van der Waals surface area contributed by atoms with Gasteiger partial charge < -0.3 is 10.4 Å². The minimum atomic E-state index is -1.03. The lowest BCUT2D eigenvalue weighted by atomic mass is 9.86. The van der Waals surface area contributed by atoms with Gasteiger partial charge in [0.15, 0.2) is 0 Å². The van der Waals surface area contributed by atoms with E-state index in [1.54, 1.807) is 32.9 Å². The third kappa shape index (κ3) is 4.06. The fraction of sp³-hybridized carbons (Fsp3) is 0.429. The first-order valence-electron chi connectivity index (χ1n) is 5.92. The van der Waals surface area contributed by atoms with Crippen molar-refractivity contribution in [1.29, 1.82) is 0 Å². The fourth-order valence-corrected chi connectivity index (χ4v) is 2.21. The lowest BCUT2D eigenvalue weighted by Crippen LogP contribution is -2.49. The summed E-state index contributed by atoms with van der Waals surface area (Å²) in [6, 6.07) is 4.33. The zero-order valence-electron chi connectivity index (χ0n) is 11.5. The molecule has 1 amide bonds. The molecule has 1 rings (SSSR count). The van der Waals surface area contributed by atoms with Crippen LogP contribution in [0.3, 0.4) is 0 Å². The highest BCUT2D eigenvalue weighted by Crippen LogP contribution is 2.21. The molecule has 5 heteroatoms. The van der Waals surface area contributed by atoms with Crippen molar-refractivity contribution in [3.63, 3.8) is 0 Å². The molecule has 104 valence electrons. The van der Waals surface area contributed by atoms with Gasteiger partial charge in [0.2, 0.25) is 0 Å². The van der Waals surface area contributed by atoms with E-state index in [9.17, 15) is 14.7 Å². The minimum absolute atomic E-state index is 0.368. The molecule has 0 saturated carbocycles. The number of carbonyl (C=O) groups excluding carboxylic acids is 1. The molecule has 0 aliphatic rings. The Hall–Kier alpha value is -1.36. The molecule has 1 aromatic rings. The Morgan fingerprint density at radius 3 is 2.32 bits per heavy atom. The van der Waals surface area contributed by atoms with E-state index in [1.807, 2.05) is 13.0 Å². The number of carbonyl (C=O) groups is 2. The van der Waals surface area contributed by atoms with Crippen molar-refractivity contribution in [2.45, 2.75) is 33.7 Å². The van der Waals surface area contributed by atoms with Crippen molar-refractivity contribution in [2.75, 3.05) is 0 Å². The molecule has 0 aliphatic heterocycles. The van der Waals surface area contributed by atoms with Crippen LogP contribution in [-0.4, -0.2) is 23.0 Å². The van der Waals surface area contributed by atoms with E-state index in [-0.39, 0.29) is 5.91 Å². The number of rotatable bonds is 3. The zero-order valence-corrected chi connectivity index (χ0v) is 13.0. The maximum absolute atomic E-state index is 12.1. The van der Waals surface area contributed by atoms with Crippen LogP contribution in [0, 0.1) is 12.3 Å². The van der Waals surface area contributed by atoms with Crippen LogP contribution >= 0.6 is 15.9 Å². The van der Waals surface area contributed by atoms with Crippen LogP contribution in [0.2, 0.25) is 0 Å². The first-order chi connectivity index (χ1) is 8.62. The summed E-state index contributed by atoms with van der Waals surface area (Å²) in [6.07, 6.45) is 0. The molecular formula is C14H18BrNO3. The van der Waals surface area contributed by atoms with Crippen LogP contribution in [0.1, 0.15) is 36.7 Å². The Labute approximate surface area is 121 Å². The number of aliphatic carboxylic acids is 1. The molecule has 1 atom stereocenters. The molecule has 19 heavy (non-hydrogen) atoms. The number of halogens is 1. The number of hydrogen-bond donors (Lipinski definition) is 2. The number of carboxylic acid groups (broad SMARTS) is 1. The van der Waals surface area contributed by atoms with Gasteiger partial charge in [0, 0.05) is 10.0 Å². The molecule has 0 fully saturated rings. The van der Waals surface area contributed by atoms with Crippen molar-refractivity contribution >= 4 is 27.8 Å². The normalized spacial score (nSPS) is 12.9. The number of amides is 1. The topological polar surface area (TPSA) is 66.4 Å². The standard InChI is InChI=1S/C14H18BrNO3/c1-8-7-9(15)5-6-10(8)12(17)16-11(13(18)19)14(2,3)4/h5-7,11H,1-4H3,(H,16,17)(H,18,19)/t11-/m0/s1. The van der Waals surface area contributed by atoms with E-state index in [0.717, 1.165) is 10.0 Å². The van der Waals surface area contributed by atoms with Crippen LogP contribution in [0.4, 0.5) is 0 Å². The zero-order chi connectivity index (χ0) is 14.8. The first-order valence-corrected chi connectivity index (χ1v) is 6.72.